The first-order valence-corrected chi connectivity index (χ1v) is 7.92. The fraction of sp³-hybridized carbons (Fsp3) is 0.211. The van der Waals surface area contributed by atoms with Crippen LogP contribution in [0.15, 0.2) is 53.5 Å². The predicted molar refractivity (Wildman–Crippen MR) is 112 cm³/mol. The fourth-order valence-corrected chi connectivity index (χ4v) is 2.56. The maximum atomic E-state index is 13.6. The van der Waals surface area contributed by atoms with Crippen LogP contribution in [0.25, 0.3) is 10.9 Å². The van der Waals surface area contributed by atoms with Gasteiger partial charge in [-0.15, -0.1) is 24.0 Å². The molecule has 25 heavy (non-hydrogen) atoms. The van der Waals surface area contributed by atoms with Crippen LogP contribution in [0.4, 0.5) is 4.39 Å². The SMILES string of the molecule is CN=C(NCc1ccc(C)c(F)c1)NCc1cc2ccccc2[nH]1.I. The molecule has 0 fully saturated rings. The van der Waals surface area contributed by atoms with Crippen molar-refractivity contribution < 1.29 is 4.39 Å². The molecule has 6 heteroatoms. The van der Waals surface area contributed by atoms with Gasteiger partial charge in [0.15, 0.2) is 5.96 Å². The van der Waals surface area contributed by atoms with Crippen LogP contribution < -0.4 is 10.6 Å². The first kappa shape index (κ1) is 19.2. The van der Waals surface area contributed by atoms with E-state index in [-0.39, 0.29) is 29.8 Å². The highest BCUT2D eigenvalue weighted by Crippen LogP contribution is 2.14. The predicted octanol–water partition coefficient (Wildman–Crippen LogP) is 4.10. The molecule has 4 nitrogen and oxygen atoms in total. The maximum absolute atomic E-state index is 13.6. The van der Waals surface area contributed by atoms with Crippen LogP contribution in [0, 0.1) is 12.7 Å². The zero-order valence-corrected chi connectivity index (χ0v) is 16.6. The number of H-pyrrole nitrogens is 1. The molecular formula is C19H22FIN4. The molecule has 0 atom stereocenters. The van der Waals surface area contributed by atoms with Crippen LogP contribution >= 0.6 is 24.0 Å². The minimum absolute atomic E-state index is 0. The van der Waals surface area contributed by atoms with Gasteiger partial charge in [0.05, 0.1) is 6.54 Å². The molecule has 2 aromatic carbocycles. The van der Waals surface area contributed by atoms with Gasteiger partial charge in [-0.25, -0.2) is 4.39 Å². The number of aliphatic imine (C=N–C) groups is 1. The Morgan fingerprint density at radius 1 is 1.08 bits per heavy atom. The van der Waals surface area contributed by atoms with Crippen LogP contribution in [0.5, 0.6) is 0 Å². The Kier molecular flexibility index (Phi) is 6.81. The maximum Gasteiger partial charge on any atom is 0.191 e. The van der Waals surface area contributed by atoms with Gasteiger partial charge < -0.3 is 15.6 Å². The molecule has 0 unspecified atom stereocenters. The molecule has 0 radical (unpaired) electrons. The molecule has 3 aromatic rings. The molecule has 0 saturated heterocycles. The van der Waals surface area contributed by atoms with Gasteiger partial charge in [-0.05, 0) is 41.6 Å². The van der Waals surface area contributed by atoms with Crippen LogP contribution in [-0.2, 0) is 13.1 Å². The van der Waals surface area contributed by atoms with Crippen molar-refractivity contribution in [1.29, 1.82) is 0 Å². The molecule has 3 rings (SSSR count). The fourth-order valence-electron chi connectivity index (χ4n) is 2.56. The summed E-state index contributed by atoms with van der Waals surface area (Å²) in [5, 5.41) is 7.64. The summed E-state index contributed by atoms with van der Waals surface area (Å²) >= 11 is 0. The van der Waals surface area contributed by atoms with E-state index >= 15 is 0 Å². The molecule has 0 bridgehead atoms. The molecule has 132 valence electrons. The van der Waals surface area contributed by atoms with Crippen molar-refractivity contribution in [1.82, 2.24) is 15.6 Å². The van der Waals surface area contributed by atoms with Gasteiger partial charge in [-0.2, -0.15) is 0 Å². The second-order valence-corrected chi connectivity index (χ2v) is 5.74. The zero-order chi connectivity index (χ0) is 16.9. The smallest absolute Gasteiger partial charge is 0.191 e. The first-order valence-electron chi connectivity index (χ1n) is 7.92. The van der Waals surface area contributed by atoms with Gasteiger partial charge in [0.25, 0.3) is 0 Å². The largest absolute Gasteiger partial charge is 0.357 e. The summed E-state index contributed by atoms with van der Waals surface area (Å²) in [7, 11) is 1.72. The Hall–Kier alpha value is -2.09. The molecule has 1 heterocycles. The summed E-state index contributed by atoms with van der Waals surface area (Å²) in [6.07, 6.45) is 0. The number of para-hydroxylation sites is 1. The van der Waals surface area contributed by atoms with E-state index in [2.05, 4.69) is 38.8 Å². The Balaban J connectivity index is 0.00000225. The number of hydrogen-bond acceptors (Lipinski definition) is 1. The standard InChI is InChI=1S/C19H21FN4.HI/c1-13-7-8-14(9-17(13)20)11-22-19(21-2)23-12-16-10-15-5-3-4-6-18(15)24-16;/h3-10,24H,11-12H2,1-2H3,(H2,21,22,23);1H. The highest BCUT2D eigenvalue weighted by molar-refractivity contribution is 14.0. The molecule has 0 aliphatic rings. The molecule has 0 aliphatic carbocycles. The van der Waals surface area contributed by atoms with E-state index in [9.17, 15) is 4.39 Å². The van der Waals surface area contributed by atoms with Gasteiger partial charge >= 0.3 is 0 Å². The minimum atomic E-state index is -0.185. The van der Waals surface area contributed by atoms with E-state index < -0.39 is 0 Å². The molecule has 0 aliphatic heterocycles. The Morgan fingerprint density at radius 2 is 1.84 bits per heavy atom. The Labute approximate surface area is 164 Å². The van der Waals surface area contributed by atoms with Crippen LogP contribution in [-0.4, -0.2) is 18.0 Å². The van der Waals surface area contributed by atoms with Crippen molar-refractivity contribution >= 4 is 40.8 Å². The minimum Gasteiger partial charge on any atom is -0.357 e. The zero-order valence-electron chi connectivity index (χ0n) is 14.3. The van der Waals surface area contributed by atoms with E-state index in [0.717, 1.165) is 16.8 Å². The summed E-state index contributed by atoms with van der Waals surface area (Å²) in [6.45, 7) is 2.91. The second-order valence-electron chi connectivity index (χ2n) is 5.74. The summed E-state index contributed by atoms with van der Waals surface area (Å²) in [6, 6.07) is 15.5. The number of fused-ring (bicyclic) bond motifs is 1. The summed E-state index contributed by atoms with van der Waals surface area (Å²) in [5.74, 6) is 0.491. The lowest BCUT2D eigenvalue weighted by Gasteiger charge is -2.11. The Bertz CT molecular complexity index is 840. The van der Waals surface area contributed by atoms with Crippen molar-refractivity contribution in [2.24, 2.45) is 4.99 Å². The number of rotatable bonds is 4. The second kappa shape index (κ2) is 8.84. The lowest BCUT2D eigenvalue weighted by Crippen LogP contribution is -2.36. The van der Waals surface area contributed by atoms with Crippen molar-refractivity contribution in [2.45, 2.75) is 20.0 Å². The summed E-state index contributed by atoms with van der Waals surface area (Å²) < 4.78 is 13.6. The molecule has 0 spiro atoms. The number of guanidine groups is 1. The monoisotopic (exact) mass is 452 g/mol. The van der Waals surface area contributed by atoms with Gasteiger partial charge in [0, 0.05) is 24.8 Å². The number of aromatic nitrogens is 1. The van der Waals surface area contributed by atoms with Gasteiger partial charge in [0.2, 0.25) is 0 Å². The third kappa shape index (κ3) is 4.94. The molecular weight excluding hydrogens is 430 g/mol. The number of halogens is 2. The lowest BCUT2D eigenvalue weighted by atomic mass is 10.1. The molecule has 1 aromatic heterocycles. The van der Waals surface area contributed by atoms with Crippen molar-refractivity contribution in [2.75, 3.05) is 7.05 Å². The van der Waals surface area contributed by atoms with Crippen molar-refractivity contribution in [3.8, 4) is 0 Å². The number of nitrogens with one attached hydrogen (secondary N) is 3. The van der Waals surface area contributed by atoms with Gasteiger partial charge in [-0.3, -0.25) is 4.99 Å². The van der Waals surface area contributed by atoms with Crippen molar-refractivity contribution in [3.63, 3.8) is 0 Å². The highest BCUT2D eigenvalue weighted by Gasteiger charge is 2.03. The number of benzene rings is 2. The van der Waals surface area contributed by atoms with Crippen LogP contribution in [0.1, 0.15) is 16.8 Å². The molecule has 3 N–H and O–H groups in total. The molecule has 0 saturated carbocycles. The lowest BCUT2D eigenvalue weighted by molar-refractivity contribution is 0.615. The van der Waals surface area contributed by atoms with E-state index in [1.165, 1.54) is 5.39 Å². The first-order chi connectivity index (χ1) is 11.7. The third-order valence-corrected chi connectivity index (χ3v) is 3.95. The van der Waals surface area contributed by atoms with Gasteiger partial charge in [-0.1, -0.05) is 30.3 Å². The van der Waals surface area contributed by atoms with Gasteiger partial charge in [0.1, 0.15) is 5.82 Å². The quantitative estimate of drug-likeness (QED) is 0.317. The number of hydrogen-bond donors (Lipinski definition) is 3. The van der Waals surface area contributed by atoms with E-state index in [1.54, 1.807) is 26.1 Å². The normalized spacial score (nSPS) is 11.2. The topological polar surface area (TPSA) is 52.2 Å². The van der Waals surface area contributed by atoms with E-state index in [4.69, 9.17) is 0 Å². The van der Waals surface area contributed by atoms with Crippen LogP contribution in [0.3, 0.4) is 0 Å². The van der Waals surface area contributed by atoms with Crippen molar-refractivity contribution in [3.05, 3.63) is 71.2 Å². The average molecular weight is 452 g/mol. The average Bonchev–Trinajstić information content (AvgIpc) is 3.01. The number of aromatic amines is 1. The highest BCUT2D eigenvalue weighted by atomic mass is 127. The van der Waals surface area contributed by atoms with Crippen LogP contribution in [0.2, 0.25) is 0 Å². The number of nitrogens with zero attached hydrogens (tertiary/aromatic N) is 1. The number of aryl methyl sites for hydroxylation is 1. The summed E-state index contributed by atoms with van der Waals surface area (Å²) in [4.78, 5) is 7.57. The Morgan fingerprint density at radius 3 is 2.56 bits per heavy atom. The molecule has 0 amide bonds. The summed E-state index contributed by atoms with van der Waals surface area (Å²) in [5.41, 5.74) is 3.74. The third-order valence-electron chi connectivity index (χ3n) is 3.95. The van der Waals surface area contributed by atoms with E-state index in [0.29, 0.717) is 24.6 Å². The van der Waals surface area contributed by atoms with E-state index in [1.807, 2.05) is 18.2 Å².